The smallest absolute Gasteiger partial charge is 0.340 e. The Balaban J connectivity index is 2.58. The largest absolute Gasteiger partial charge is 0.493 e. The van der Waals surface area contributed by atoms with Gasteiger partial charge in [0.2, 0.25) is 0 Å². The fourth-order valence-electron chi connectivity index (χ4n) is 2.14. The van der Waals surface area contributed by atoms with E-state index >= 15 is 0 Å². The Bertz CT molecular complexity index is 948. The number of hydrogen-bond donors (Lipinski definition) is 1. The van der Waals surface area contributed by atoms with E-state index in [4.69, 9.17) is 21.1 Å². The maximum Gasteiger partial charge on any atom is 0.340 e. The molecule has 0 saturated heterocycles. The SMILES string of the molecule is COC(=O)c1cc(OC)c(OC)cc1NS(=O)(=O)c1ccc(F)cc1Cl. The highest BCUT2D eigenvalue weighted by Gasteiger charge is 2.24. The quantitative estimate of drug-likeness (QED) is 0.745. The van der Waals surface area contributed by atoms with Crippen molar-refractivity contribution in [1.82, 2.24) is 0 Å². The number of hydrogen-bond acceptors (Lipinski definition) is 6. The number of esters is 1. The third-order valence-electron chi connectivity index (χ3n) is 3.36. The van der Waals surface area contributed by atoms with Crippen LogP contribution in [0.15, 0.2) is 35.2 Å². The van der Waals surface area contributed by atoms with E-state index in [9.17, 15) is 17.6 Å². The maximum atomic E-state index is 13.2. The van der Waals surface area contributed by atoms with Gasteiger partial charge in [-0.3, -0.25) is 4.72 Å². The lowest BCUT2D eigenvalue weighted by Crippen LogP contribution is -2.17. The molecule has 0 aliphatic heterocycles. The molecular formula is C16H15ClFNO6S. The summed E-state index contributed by atoms with van der Waals surface area (Å²) in [6.45, 7) is 0. The van der Waals surface area contributed by atoms with Crippen LogP contribution in [0.2, 0.25) is 5.02 Å². The first-order chi connectivity index (χ1) is 12.2. The minimum atomic E-state index is -4.22. The molecule has 0 aliphatic rings. The van der Waals surface area contributed by atoms with Crippen LogP contribution in [-0.2, 0) is 14.8 Å². The zero-order valence-electron chi connectivity index (χ0n) is 14.0. The van der Waals surface area contributed by atoms with E-state index in [2.05, 4.69) is 9.46 Å². The molecule has 0 atom stereocenters. The molecule has 0 fully saturated rings. The van der Waals surface area contributed by atoms with Gasteiger partial charge in [0.25, 0.3) is 10.0 Å². The Labute approximate surface area is 154 Å². The minimum Gasteiger partial charge on any atom is -0.493 e. The van der Waals surface area contributed by atoms with E-state index in [1.54, 1.807) is 0 Å². The fraction of sp³-hybridized carbons (Fsp3) is 0.188. The van der Waals surface area contributed by atoms with Crippen molar-refractivity contribution in [3.8, 4) is 11.5 Å². The third-order valence-corrected chi connectivity index (χ3v) is 5.21. The Kier molecular flexibility index (Phi) is 5.94. The molecule has 10 heteroatoms. The summed E-state index contributed by atoms with van der Waals surface area (Å²) in [5.74, 6) is -1.09. The van der Waals surface area contributed by atoms with Gasteiger partial charge in [0.05, 0.1) is 37.6 Å². The fourth-order valence-corrected chi connectivity index (χ4v) is 3.74. The summed E-state index contributed by atoms with van der Waals surface area (Å²) in [6.07, 6.45) is 0. The Hall–Kier alpha value is -2.52. The summed E-state index contributed by atoms with van der Waals surface area (Å²) in [7, 11) is -0.361. The molecule has 0 amide bonds. The average Bonchev–Trinajstić information content (AvgIpc) is 2.59. The molecule has 0 heterocycles. The number of nitrogens with one attached hydrogen (secondary N) is 1. The van der Waals surface area contributed by atoms with Gasteiger partial charge in [-0.05, 0) is 18.2 Å². The predicted octanol–water partition coefficient (Wildman–Crippen LogP) is 3.08. The van der Waals surface area contributed by atoms with E-state index < -0.39 is 21.8 Å². The molecule has 2 rings (SSSR count). The summed E-state index contributed by atoms with van der Waals surface area (Å²) in [5, 5.41) is -0.308. The maximum absolute atomic E-state index is 13.2. The van der Waals surface area contributed by atoms with Gasteiger partial charge >= 0.3 is 5.97 Å². The number of anilines is 1. The molecule has 0 unspecified atom stereocenters. The molecule has 0 spiro atoms. The Morgan fingerprint density at radius 1 is 1.08 bits per heavy atom. The molecule has 2 aromatic rings. The molecule has 0 aliphatic carbocycles. The van der Waals surface area contributed by atoms with Crippen LogP contribution in [0.3, 0.4) is 0 Å². The summed E-state index contributed by atoms with van der Waals surface area (Å²) in [4.78, 5) is 11.7. The normalized spacial score (nSPS) is 11.0. The lowest BCUT2D eigenvalue weighted by Gasteiger charge is -2.16. The summed E-state index contributed by atoms with van der Waals surface area (Å²) >= 11 is 5.82. The lowest BCUT2D eigenvalue weighted by molar-refractivity contribution is 0.0601. The van der Waals surface area contributed by atoms with Crippen molar-refractivity contribution >= 4 is 33.3 Å². The molecule has 0 bridgehead atoms. The molecule has 1 N–H and O–H groups in total. The summed E-state index contributed by atoms with van der Waals surface area (Å²) in [6, 6.07) is 5.37. The topological polar surface area (TPSA) is 90.9 Å². The van der Waals surface area contributed by atoms with Crippen LogP contribution in [0.4, 0.5) is 10.1 Å². The number of rotatable bonds is 6. The van der Waals surface area contributed by atoms with Crippen molar-refractivity contribution < 1.29 is 31.8 Å². The molecule has 26 heavy (non-hydrogen) atoms. The monoisotopic (exact) mass is 403 g/mol. The number of carbonyl (C=O) groups is 1. The first-order valence-corrected chi connectivity index (χ1v) is 8.91. The number of methoxy groups -OCH3 is 3. The zero-order valence-corrected chi connectivity index (χ0v) is 15.6. The van der Waals surface area contributed by atoms with Gasteiger partial charge in [-0.25, -0.2) is 17.6 Å². The van der Waals surface area contributed by atoms with Crippen molar-refractivity contribution in [2.24, 2.45) is 0 Å². The van der Waals surface area contributed by atoms with Crippen molar-refractivity contribution in [3.63, 3.8) is 0 Å². The first kappa shape index (κ1) is 19.8. The second kappa shape index (κ2) is 7.79. The van der Waals surface area contributed by atoms with Crippen LogP contribution >= 0.6 is 11.6 Å². The third kappa shape index (κ3) is 4.00. The molecule has 7 nitrogen and oxygen atoms in total. The summed E-state index contributed by atoms with van der Waals surface area (Å²) < 4.78 is 55.5. The average molecular weight is 404 g/mol. The molecular weight excluding hydrogens is 389 g/mol. The van der Waals surface area contributed by atoms with Gasteiger partial charge in [0, 0.05) is 12.1 Å². The van der Waals surface area contributed by atoms with Gasteiger partial charge in [-0.2, -0.15) is 0 Å². The molecule has 140 valence electrons. The molecule has 2 aromatic carbocycles. The standard InChI is InChI=1S/C16H15ClFNO6S/c1-23-13-7-10(16(20)25-3)12(8-14(13)24-2)19-26(21,22)15-5-4-9(18)6-11(15)17/h4-8,19H,1-3H3. The second-order valence-corrected chi connectivity index (χ2v) is 6.98. The predicted molar refractivity (Wildman–Crippen MR) is 93.1 cm³/mol. The van der Waals surface area contributed by atoms with E-state index in [-0.39, 0.29) is 32.7 Å². The van der Waals surface area contributed by atoms with Crippen molar-refractivity contribution in [2.45, 2.75) is 4.90 Å². The van der Waals surface area contributed by atoms with E-state index in [0.717, 1.165) is 25.3 Å². The zero-order chi connectivity index (χ0) is 19.5. The van der Waals surface area contributed by atoms with Crippen LogP contribution in [0, 0.1) is 5.82 Å². The highest BCUT2D eigenvalue weighted by molar-refractivity contribution is 7.92. The number of halogens is 2. The van der Waals surface area contributed by atoms with Crippen LogP contribution in [-0.4, -0.2) is 35.7 Å². The lowest BCUT2D eigenvalue weighted by atomic mass is 10.1. The van der Waals surface area contributed by atoms with Crippen LogP contribution in [0.5, 0.6) is 11.5 Å². The number of carbonyl (C=O) groups excluding carboxylic acids is 1. The Morgan fingerprint density at radius 2 is 1.69 bits per heavy atom. The van der Waals surface area contributed by atoms with Crippen molar-refractivity contribution in [3.05, 3.63) is 46.7 Å². The minimum absolute atomic E-state index is 0.105. The summed E-state index contributed by atoms with van der Waals surface area (Å²) in [5.41, 5.74) is -0.221. The molecule has 0 radical (unpaired) electrons. The van der Waals surface area contributed by atoms with Gasteiger partial charge in [0.15, 0.2) is 11.5 Å². The number of sulfonamides is 1. The second-order valence-electron chi connectivity index (χ2n) is 4.92. The van der Waals surface area contributed by atoms with Crippen LogP contribution in [0.25, 0.3) is 0 Å². The molecule has 0 saturated carbocycles. The first-order valence-electron chi connectivity index (χ1n) is 7.05. The van der Waals surface area contributed by atoms with E-state index in [1.807, 2.05) is 0 Å². The van der Waals surface area contributed by atoms with Gasteiger partial charge < -0.3 is 14.2 Å². The highest BCUT2D eigenvalue weighted by atomic mass is 35.5. The molecule has 0 aromatic heterocycles. The van der Waals surface area contributed by atoms with Crippen molar-refractivity contribution in [1.29, 1.82) is 0 Å². The number of benzene rings is 2. The van der Waals surface area contributed by atoms with Crippen LogP contribution < -0.4 is 14.2 Å². The highest BCUT2D eigenvalue weighted by Crippen LogP contribution is 2.35. The number of ether oxygens (including phenoxy) is 3. The van der Waals surface area contributed by atoms with Crippen molar-refractivity contribution in [2.75, 3.05) is 26.1 Å². The van der Waals surface area contributed by atoms with Gasteiger partial charge in [-0.1, -0.05) is 11.6 Å². The van der Waals surface area contributed by atoms with Crippen LogP contribution in [0.1, 0.15) is 10.4 Å². The Morgan fingerprint density at radius 3 is 2.23 bits per heavy atom. The van der Waals surface area contributed by atoms with E-state index in [1.165, 1.54) is 26.4 Å². The van der Waals surface area contributed by atoms with Gasteiger partial charge in [0.1, 0.15) is 10.7 Å². The van der Waals surface area contributed by atoms with E-state index in [0.29, 0.717) is 0 Å². The van der Waals surface area contributed by atoms with Gasteiger partial charge in [-0.15, -0.1) is 0 Å².